The Hall–Kier alpha value is -1.79. The van der Waals surface area contributed by atoms with Gasteiger partial charge in [-0.2, -0.15) is 5.10 Å². The molecule has 0 aliphatic heterocycles. The average molecular weight is 253 g/mol. The van der Waals surface area contributed by atoms with Crippen LogP contribution in [0.4, 0.5) is 8.78 Å². The minimum absolute atomic E-state index is 0.0525. The van der Waals surface area contributed by atoms with Crippen LogP contribution < -0.4 is 5.32 Å². The Morgan fingerprint density at radius 1 is 1.28 bits per heavy atom. The molecule has 0 radical (unpaired) electrons. The highest BCUT2D eigenvalue weighted by molar-refractivity contribution is 5.22. The number of aromatic amines is 1. The normalized spacial score (nSPS) is 12.6. The van der Waals surface area contributed by atoms with Crippen molar-refractivity contribution in [2.24, 2.45) is 0 Å². The van der Waals surface area contributed by atoms with Crippen LogP contribution in [0.25, 0.3) is 0 Å². The van der Waals surface area contributed by atoms with Crippen molar-refractivity contribution in [3.05, 3.63) is 53.4 Å². The van der Waals surface area contributed by atoms with E-state index >= 15 is 0 Å². The van der Waals surface area contributed by atoms with E-state index in [0.29, 0.717) is 6.54 Å². The summed E-state index contributed by atoms with van der Waals surface area (Å²) in [5.41, 5.74) is 0.519. The second-order valence-electron chi connectivity index (χ2n) is 3.86. The second-order valence-corrected chi connectivity index (χ2v) is 3.86. The van der Waals surface area contributed by atoms with Gasteiger partial charge >= 0.3 is 0 Å². The number of nitrogens with one attached hydrogen (secondary N) is 2. The van der Waals surface area contributed by atoms with Crippen LogP contribution in [0.3, 0.4) is 0 Å². The Labute approximate surface area is 103 Å². The predicted molar refractivity (Wildman–Crippen MR) is 61.6 cm³/mol. The van der Waals surface area contributed by atoms with Gasteiger partial charge < -0.3 is 10.4 Å². The Morgan fingerprint density at radius 3 is 2.61 bits per heavy atom. The van der Waals surface area contributed by atoms with Crippen molar-refractivity contribution >= 4 is 0 Å². The third-order valence-corrected chi connectivity index (χ3v) is 2.54. The van der Waals surface area contributed by atoms with Crippen LogP contribution in [-0.4, -0.2) is 21.8 Å². The summed E-state index contributed by atoms with van der Waals surface area (Å²) in [4.78, 5) is 0. The maximum absolute atomic E-state index is 13.4. The zero-order valence-corrected chi connectivity index (χ0v) is 9.53. The Bertz CT molecular complexity index is 482. The number of benzene rings is 1. The van der Waals surface area contributed by atoms with E-state index in [1.54, 1.807) is 12.3 Å². The van der Waals surface area contributed by atoms with Crippen LogP contribution in [0.2, 0.25) is 0 Å². The monoisotopic (exact) mass is 253 g/mol. The molecule has 0 fully saturated rings. The number of aliphatic hydroxyl groups is 1. The third kappa shape index (κ3) is 2.91. The van der Waals surface area contributed by atoms with Crippen molar-refractivity contribution in [2.75, 3.05) is 6.54 Å². The smallest absolute Gasteiger partial charge is 0.131 e. The quantitative estimate of drug-likeness (QED) is 0.757. The molecule has 96 valence electrons. The Balaban J connectivity index is 1.93. The van der Waals surface area contributed by atoms with Crippen molar-refractivity contribution in [2.45, 2.75) is 12.6 Å². The van der Waals surface area contributed by atoms with Crippen molar-refractivity contribution in [3.63, 3.8) is 0 Å². The van der Waals surface area contributed by atoms with Crippen molar-refractivity contribution in [1.82, 2.24) is 15.5 Å². The van der Waals surface area contributed by atoms with Crippen molar-refractivity contribution < 1.29 is 13.9 Å². The van der Waals surface area contributed by atoms with E-state index < -0.39 is 17.7 Å². The molecule has 18 heavy (non-hydrogen) atoms. The first-order valence-electron chi connectivity index (χ1n) is 5.49. The fourth-order valence-electron chi connectivity index (χ4n) is 1.66. The highest BCUT2D eigenvalue weighted by atomic mass is 19.1. The summed E-state index contributed by atoms with van der Waals surface area (Å²) < 4.78 is 26.7. The van der Waals surface area contributed by atoms with Crippen LogP contribution in [0.1, 0.15) is 17.4 Å². The molecule has 0 amide bonds. The van der Waals surface area contributed by atoms with Crippen LogP contribution in [0.15, 0.2) is 30.5 Å². The first-order chi connectivity index (χ1) is 8.68. The van der Waals surface area contributed by atoms with Gasteiger partial charge in [0.15, 0.2) is 0 Å². The summed E-state index contributed by atoms with van der Waals surface area (Å²) in [7, 11) is 0. The SMILES string of the molecule is OC(CNCc1ccn[nH]1)c1c(F)cccc1F. The van der Waals surface area contributed by atoms with Crippen LogP contribution in [0.5, 0.6) is 0 Å². The molecule has 1 heterocycles. The molecule has 1 aromatic heterocycles. The first kappa shape index (κ1) is 12.7. The molecule has 1 aromatic carbocycles. The highest BCUT2D eigenvalue weighted by Gasteiger charge is 2.17. The Kier molecular flexibility index (Phi) is 4.01. The lowest BCUT2D eigenvalue weighted by Gasteiger charge is -2.13. The fourth-order valence-corrected chi connectivity index (χ4v) is 1.66. The van der Waals surface area contributed by atoms with Gasteiger partial charge in [-0.15, -0.1) is 0 Å². The molecule has 0 spiro atoms. The van der Waals surface area contributed by atoms with Gasteiger partial charge in [-0.3, -0.25) is 5.10 Å². The van der Waals surface area contributed by atoms with E-state index in [1.807, 2.05) is 0 Å². The van der Waals surface area contributed by atoms with Crippen molar-refractivity contribution in [3.8, 4) is 0 Å². The summed E-state index contributed by atoms with van der Waals surface area (Å²) in [5.74, 6) is -1.49. The number of hydrogen-bond donors (Lipinski definition) is 3. The molecule has 1 unspecified atom stereocenters. The molecule has 0 saturated heterocycles. The maximum atomic E-state index is 13.4. The van der Waals surface area contributed by atoms with Gasteiger partial charge in [-0.05, 0) is 18.2 Å². The standard InChI is InChI=1S/C12H13F2N3O/c13-9-2-1-3-10(14)12(9)11(18)7-15-6-8-4-5-16-17-8/h1-5,11,15,18H,6-7H2,(H,16,17). The second kappa shape index (κ2) is 5.70. The van der Waals surface area contributed by atoms with Crippen molar-refractivity contribution in [1.29, 1.82) is 0 Å². The topological polar surface area (TPSA) is 60.9 Å². The molecule has 3 N–H and O–H groups in total. The molecule has 2 rings (SSSR count). The number of H-pyrrole nitrogens is 1. The molecule has 0 aliphatic rings. The summed E-state index contributed by atoms with van der Waals surface area (Å²) in [6.07, 6.45) is 0.373. The van der Waals surface area contributed by atoms with E-state index in [9.17, 15) is 13.9 Å². The summed E-state index contributed by atoms with van der Waals surface area (Å²) >= 11 is 0. The summed E-state index contributed by atoms with van der Waals surface area (Å²) in [5, 5.41) is 19.1. The molecule has 2 aromatic rings. The Morgan fingerprint density at radius 2 is 2.00 bits per heavy atom. The van der Waals surface area contributed by atoms with Gasteiger partial charge in [0, 0.05) is 25.0 Å². The average Bonchev–Trinajstić information content (AvgIpc) is 2.82. The number of aliphatic hydroxyl groups excluding tert-OH is 1. The minimum Gasteiger partial charge on any atom is -0.387 e. The van der Waals surface area contributed by atoms with Gasteiger partial charge in [-0.25, -0.2) is 8.78 Å². The molecule has 0 aliphatic carbocycles. The van der Waals surface area contributed by atoms with Gasteiger partial charge in [0.05, 0.1) is 11.7 Å². The first-order valence-corrected chi connectivity index (χ1v) is 5.49. The number of nitrogens with zero attached hydrogens (tertiary/aromatic N) is 1. The zero-order valence-electron chi connectivity index (χ0n) is 9.53. The van der Waals surface area contributed by atoms with Gasteiger partial charge in [-0.1, -0.05) is 6.07 Å². The zero-order chi connectivity index (χ0) is 13.0. The lowest BCUT2D eigenvalue weighted by Crippen LogP contribution is -2.22. The minimum atomic E-state index is -1.23. The summed E-state index contributed by atoms with van der Waals surface area (Å²) in [6, 6.07) is 5.27. The molecular weight excluding hydrogens is 240 g/mol. The molecule has 0 bridgehead atoms. The number of hydrogen-bond acceptors (Lipinski definition) is 3. The van der Waals surface area contributed by atoms with E-state index in [0.717, 1.165) is 17.8 Å². The molecule has 1 atom stereocenters. The molecule has 0 saturated carbocycles. The highest BCUT2D eigenvalue weighted by Crippen LogP contribution is 2.19. The van der Waals surface area contributed by atoms with Crippen LogP contribution >= 0.6 is 0 Å². The van der Waals surface area contributed by atoms with Crippen LogP contribution in [-0.2, 0) is 6.54 Å². The summed E-state index contributed by atoms with van der Waals surface area (Å²) in [6.45, 7) is 0.490. The van der Waals surface area contributed by atoms with Gasteiger partial charge in [0.1, 0.15) is 11.6 Å². The molecule has 4 nitrogen and oxygen atoms in total. The fraction of sp³-hybridized carbons (Fsp3) is 0.250. The largest absolute Gasteiger partial charge is 0.387 e. The molecular formula is C12H13F2N3O. The maximum Gasteiger partial charge on any atom is 0.131 e. The third-order valence-electron chi connectivity index (χ3n) is 2.54. The lowest BCUT2D eigenvalue weighted by atomic mass is 10.1. The lowest BCUT2D eigenvalue weighted by molar-refractivity contribution is 0.164. The van der Waals surface area contributed by atoms with Crippen LogP contribution in [0, 0.1) is 11.6 Å². The predicted octanol–water partition coefficient (Wildman–Crippen LogP) is 1.51. The number of aromatic nitrogens is 2. The van der Waals surface area contributed by atoms with Gasteiger partial charge in [0.25, 0.3) is 0 Å². The number of halogens is 2. The molecule has 6 heteroatoms. The van der Waals surface area contributed by atoms with E-state index in [2.05, 4.69) is 15.5 Å². The van der Waals surface area contributed by atoms with Gasteiger partial charge in [0.2, 0.25) is 0 Å². The number of rotatable bonds is 5. The van der Waals surface area contributed by atoms with E-state index in [1.165, 1.54) is 6.07 Å². The van der Waals surface area contributed by atoms with E-state index in [-0.39, 0.29) is 12.1 Å². The van der Waals surface area contributed by atoms with E-state index in [4.69, 9.17) is 0 Å².